The van der Waals surface area contributed by atoms with Gasteiger partial charge in [0, 0.05) is 6.92 Å². The van der Waals surface area contributed by atoms with Crippen LogP contribution in [-0.2, 0) is 23.8 Å². The summed E-state index contributed by atoms with van der Waals surface area (Å²) in [5.74, 6) is 4.49. The van der Waals surface area contributed by atoms with Gasteiger partial charge in [-0.2, -0.15) is 8.42 Å². The van der Waals surface area contributed by atoms with E-state index in [9.17, 15) is 13.2 Å². The highest BCUT2D eigenvalue weighted by molar-refractivity contribution is 7.86. The maximum absolute atomic E-state index is 10.6. The van der Waals surface area contributed by atoms with Crippen molar-refractivity contribution in [2.75, 3.05) is 12.9 Å². The first-order valence-corrected chi connectivity index (χ1v) is 5.63. The predicted octanol–water partition coefficient (Wildman–Crippen LogP) is -0.0824. The second kappa shape index (κ2) is 5.62. The molecule has 0 spiro atoms. The second-order valence-electron chi connectivity index (χ2n) is 2.54. The lowest BCUT2D eigenvalue weighted by Gasteiger charge is -2.02. The molecule has 1 atom stereocenters. The van der Waals surface area contributed by atoms with Gasteiger partial charge in [-0.3, -0.25) is 8.98 Å². The molecule has 0 aliphatic carbocycles. The molecule has 0 rings (SSSR count). The van der Waals surface area contributed by atoms with Crippen LogP contribution >= 0.6 is 0 Å². The van der Waals surface area contributed by atoms with Crippen LogP contribution in [0.1, 0.15) is 13.8 Å². The van der Waals surface area contributed by atoms with Crippen molar-refractivity contribution in [3.05, 3.63) is 0 Å². The van der Waals surface area contributed by atoms with Gasteiger partial charge < -0.3 is 4.74 Å². The molecule has 0 aliphatic rings. The smallest absolute Gasteiger partial charge is 0.303 e. The highest BCUT2D eigenvalue weighted by atomic mass is 32.2. The fraction of sp³-hybridized carbons (Fsp3) is 0.625. The third-order valence-corrected chi connectivity index (χ3v) is 1.61. The Balaban J connectivity index is 3.93. The first kappa shape index (κ1) is 12.9. The zero-order valence-electron chi connectivity index (χ0n) is 8.23. The molecule has 0 unspecified atom stereocenters. The Morgan fingerprint density at radius 1 is 1.50 bits per heavy atom. The van der Waals surface area contributed by atoms with Crippen LogP contribution < -0.4 is 0 Å². The predicted molar refractivity (Wildman–Crippen MR) is 49.8 cm³/mol. The number of ether oxygens (including phenoxy) is 1. The van der Waals surface area contributed by atoms with E-state index in [-0.39, 0.29) is 6.61 Å². The standard InChI is InChI=1S/C8H12O5S/c1-7(13-14(3,10)11)5-4-6-12-8(2)9/h7H,6H2,1-3H3/t7-/m1/s1. The molecule has 5 nitrogen and oxygen atoms in total. The van der Waals surface area contributed by atoms with Gasteiger partial charge >= 0.3 is 5.97 Å². The molecule has 0 bridgehead atoms. The first-order valence-electron chi connectivity index (χ1n) is 3.81. The number of hydrogen-bond donors (Lipinski definition) is 0. The van der Waals surface area contributed by atoms with Crippen LogP contribution in [0.25, 0.3) is 0 Å². The molecule has 80 valence electrons. The van der Waals surface area contributed by atoms with E-state index < -0.39 is 22.2 Å². The summed E-state index contributed by atoms with van der Waals surface area (Å²) in [6.45, 7) is 2.69. The van der Waals surface area contributed by atoms with Gasteiger partial charge in [-0.15, -0.1) is 0 Å². The van der Waals surface area contributed by atoms with E-state index in [0.717, 1.165) is 6.26 Å². The molecule has 0 aromatic heterocycles. The van der Waals surface area contributed by atoms with Crippen LogP contribution in [0.5, 0.6) is 0 Å². The molecule has 14 heavy (non-hydrogen) atoms. The first-order chi connectivity index (χ1) is 6.31. The van der Waals surface area contributed by atoms with Gasteiger partial charge in [-0.25, -0.2) is 0 Å². The quantitative estimate of drug-likeness (QED) is 0.378. The van der Waals surface area contributed by atoms with Gasteiger partial charge in [-0.1, -0.05) is 11.8 Å². The summed E-state index contributed by atoms with van der Waals surface area (Å²) in [4.78, 5) is 10.3. The summed E-state index contributed by atoms with van der Waals surface area (Å²) in [5, 5.41) is 0. The van der Waals surface area contributed by atoms with Crippen molar-refractivity contribution < 1.29 is 22.1 Å². The number of carbonyl (C=O) groups is 1. The van der Waals surface area contributed by atoms with Crippen molar-refractivity contribution in [3.63, 3.8) is 0 Å². The SMILES string of the molecule is CC(=O)OCC#C[C@@H](C)OS(C)(=O)=O. The maximum atomic E-state index is 10.6. The normalized spacial score (nSPS) is 12.5. The van der Waals surface area contributed by atoms with Crippen LogP contribution in [-0.4, -0.2) is 33.4 Å². The average Bonchev–Trinajstić information content (AvgIpc) is 1.94. The van der Waals surface area contributed by atoms with Crippen molar-refractivity contribution in [2.45, 2.75) is 20.0 Å². The monoisotopic (exact) mass is 220 g/mol. The average molecular weight is 220 g/mol. The molecular weight excluding hydrogens is 208 g/mol. The minimum absolute atomic E-state index is 0.0627. The van der Waals surface area contributed by atoms with Crippen LogP contribution in [0.3, 0.4) is 0 Å². The second-order valence-corrected chi connectivity index (χ2v) is 4.14. The Kier molecular flexibility index (Phi) is 5.20. The summed E-state index contributed by atoms with van der Waals surface area (Å²) in [6, 6.07) is 0. The minimum Gasteiger partial charge on any atom is -0.453 e. The summed E-state index contributed by atoms with van der Waals surface area (Å²) in [5.41, 5.74) is 0. The van der Waals surface area contributed by atoms with Gasteiger partial charge in [0.2, 0.25) is 0 Å². The van der Waals surface area contributed by atoms with Crippen molar-refractivity contribution in [2.24, 2.45) is 0 Å². The molecule has 0 amide bonds. The van der Waals surface area contributed by atoms with Crippen LogP contribution in [0.2, 0.25) is 0 Å². The molecular formula is C8H12O5S. The molecule has 0 radical (unpaired) electrons. The molecule has 0 saturated heterocycles. The highest BCUT2D eigenvalue weighted by Gasteiger charge is 2.06. The van der Waals surface area contributed by atoms with E-state index in [4.69, 9.17) is 0 Å². The fourth-order valence-electron chi connectivity index (χ4n) is 0.609. The summed E-state index contributed by atoms with van der Waals surface area (Å²) in [6.07, 6.45) is 0.206. The van der Waals surface area contributed by atoms with Crippen molar-refractivity contribution in [3.8, 4) is 11.8 Å². The van der Waals surface area contributed by atoms with E-state index in [2.05, 4.69) is 20.8 Å². The van der Waals surface area contributed by atoms with E-state index in [1.165, 1.54) is 13.8 Å². The zero-order chi connectivity index (χ0) is 11.2. The molecule has 0 aromatic rings. The Labute approximate surface area is 83.5 Å². The number of hydrogen-bond acceptors (Lipinski definition) is 5. The third-order valence-electron chi connectivity index (χ3n) is 0.972. The molecule has 0 N–H and O–H groups in total. The van der Waals surface area contributed by atoms with Gasteiger partial charge in [0.25, 0.3) is 10.1 Å². The van der Waals surface area contributed by atoms with Crippen molar-refractivity contribution in [1.82, 2.24) is 0 Å². The Bertz CT molecular complexity index is 346. The Morgan fingerprint density at radius 2 is 2.07 bits per heavy atom. The Hall–Kier alpha value is -1.06. The lowest BCUT2D eigenvalue weighted by molar-refractivity contribution is -0.139. The van der Waals surface area contributed by atoms with Gasteiger partial charge in [0.1, 0.15) is 6.10 Å². The Morgan fingerprint density at radius 3 is 2.50 bits per heavy atom. The number of esters is 1. The summed E-state index contributed by atoms with van der Waals surface area (Å²) < 4.78 is 30.2. The number of carbonyl (C=O) groups excluding carboxylic acids is 1. The molecule has 6 heteroatoms. The third kappa shape index (κ3) is 9.03. The van der Waals surface area contributed by atoms with Gasteiger partial charge in [0.05, 0.1) is 6.26 Å². The molecule has 0 fully saturated rings. The van der Waals surface area contributed by atoms with E-state index in [0.29, 0.717) is 0 Å². The minimum atomic E-state index is -3.49. The fourth-order valence-corrected chi connectivity index (χ4v) is 1.18. The van der Waals surface area contributed by atoms with E-state index in [1.807, 2.05) is 0 Å². The lowest BCUT2D eigenvalue weighted by atomic mass is 10.4. The zero-order valence-corrected chi connectivity index (χ0v) is 9.05. The van der Waals surface area contributed by atoms with Gasteiger partial charge in [-0.05, 0) is 6.92 Å². The molecule has 0 aliphatic heterocycles. The van der Waals surface area contributed by atoms with Crippen LogP contribution in [0.4, 0.5) is 0 Å². The largest absolute Gasteiger partial charge is 0.453 e. The maximum Gasteiger partial charge on any atom is 0.303 e. The number of rotatable bonds is 3. The van der Waals surface area contributed by atoms with Gasteiger partial charge in [0.15, 0.2) is 6.61 Å². The van der Waals surface area contributed by atoms with Crippen LogP contribution in [0, 0.1) is 11.8 Å². The molecule has 0 heterocycles. The summed E-state index contributed by atoms with van der Waals surface area (Å²) in [7, 11) is -3.49. The molecule has 0 aromatic carbocycles. The van der Waals surface area contributed by atoms with Crippen LogP contribution in [0.15, 0.2) is 0 Å². The molecule has 0 saturated carbocycles. The topological polar surface area (TPSA) is 69.7 Å². The highest BCUT2D eigenvalue weighted by Crippen LogP contribution is 1.94. The van der Waals surface area contributed by atoms with E-state index in [1.54, 1.807) is 0 Å². The van der Waals surface area contributed by atoms with Crippen molar-refractivity contribution >= 4 is 16.1 Å². The summed E-state index contributed by atoms with van der Waals surface area (Å²) >= 11 is 0. The van der Waals surface area contributed by atoms with E-state index >= 15 is 0 Å². The van der Waals surface area contributed by atoms with Crippen molar-refractivity contribution in [1.29, 1.82) is 0 Å². The lowest BCUT2D eigenvalue weighted by Crippen LogP contribution is -2.12.